The Labute approximate surface area is 170 Å². The molecular formula is C20H14N8O2. The smallest absolute Gasteiger partial charge is 0.345 e. The van der Waals surface area contributed by atoms with Gasteiger partial charge in [0, 0.05) is 6.07 Å². The van der Waals surface area contributed by atoms with Gasteiger partial charge in [0.1, 0.15) is 11.5 Å². The standard InChI is InChI=1S/C20H14N8O2/c1-3-8-15(9-4-1)27-19(21-23-25-27)29-17-12-7-13-18(14-17)30-20-22-24-26-28(20)16-10-5-2-6-11-16/h1-14H. The lowest BCUT2D eigenvalue weighted by Crippen LogP contribution is -2.01. The predicted octanol–water partition coefficient (Wildman–Crippen LogP) is 3.22. The number of ether oxygens (including phenoxy) is 2. The van der Waals surface area contributed by atoms with E-state index in [9.17, 15) is 0 Å². The first-order valence-corrected chi connectivity index (χ1v) is 9.00. The van der Waals surface area contributed by atoms with Crippen LogP contribution in [-0.2, 0) is 0 Å². The van der Waals surface area contributed by atoms with Crippen molar-refractivity contribution in [2.75, 3.05) is 0 Å². The molecule has 0 aliphatic carbocycles. The average molecular weight is 398 g/mol. The fourth-order valence-corrected chi connectivity index (χ4v) is 2.76. The van der Waals surface area contributed by atoms with Crippen LogP contribution < -0.4 is 9.47 Å². The Balaban J connectivity index is 1.38. The third kappa shape index (κ3) is 3.56. The maximum absolute atomic E-state index is 5.87. The summed E-state index contributed by atoms with van der Waals surface area (Å²) in [5.41, 5.74) is 1.57. The van der Waals surface area contributed by atoms with E-state index < -0.39 is 0 Å². The summed E-state index contributed by atoms with van der Waals surface area (Å²) in [5, 5.41) is 23.3. The highest BCUT2D eigenvalue weighted by atomic mass is 16.5. The zero-order chi connectivity index (χ0) is 20.2. The number of aromatic nitrogens is 8. The van der Waals surface area contributed by atoms with E-state index in [2.05, 4.69) is 31.1 Å². The summed E-state index contributed by atoms with van der Waals surface area (Å²) < 4.78 is 14.7. The molecule has 0 saturated heterocycles. The molecule has 0 amide bonds. The fraction of sp³-hybridized carbons (Fsp3) is 0. The molecule has 3 aromatic carbocycles. The second-order valence-electron chi connectivity index (χ2n) is 6.10. The van der Waals surface area contributed by atoms with Gasteiger partial charge in [-0.05, 0) is 57.3 Å². The highest BCUT2D eigenvalue weighted by Crippen LogP contribution is 2.28. The molecule has 0 atom stereocenters. The molecule has 0 fully saturated rings. The van der Waals surface area contributed by atoms with Crippen LogP contribution in [0, 0.1) is 0 Å². The quantitative estimate of drug-likeness (QED) is 0.429. The summed E-state index contributed by atoms with van der Waals surface area (Å²) in [5.74, 6) is 0.997. The summed E-state index contributed by atoms with van der Waals surface area (Å²) in [7, 11) is 0. The van der Waals surface area contributed by atoms with E-state index in [1.54, 1.807) is 24.3 Å². The SMILES string of the molecule is c1ccc(-n2nnnc2Oc2cccc(Oc3nnnn3-c3ccccc3)c2)cc1. The highest BCUT2D eigenvalue weighted by Gasteiger charge is 2.13. The van der Waals surface area contributed by atoms with Gasteiger partial charge in [-0.3, -0.25) is 0 Å². The number of rotatable bonds is 6. The van der Waals surface area contributed by atoms with E-state index in [1.165, 1.54) is 9.36 Å². The normalized spacial score (nSPS) is 10.7. The number of para-hydroxylation sites is 2. The second kappa shape index (κ2) is 7.80. The highest BCUT2D eigenvalue weighted by molar-refractivity contribution is 5.38. The predicted molar refractivity (Wildman–Crippen MR) is 105 cm³/mol. The molecule has 5 aromatic rings. The van der Waals surface area contributed by atoms with Gasteiger partial charge in [-0.25, -0.2) is 0 Å². The molecule has 0 N–H and O–H groups in total. The van der Waals surface area contributed by atoms with Crippen molar-refractivity contribution in [3.05, 3.63) is 84.9 Å². The van der Waals surface area contributed by atoms with Gasteiger partial charge >= 0.3 is 12.0 Å². The lowest BCUT2D eigenvalue weighted by molar-refractivity contribution is 0.409. The van der Waals surface area contributed by atoms with Crippen LogP contribution in [-0.4, -0.2) is 40.4 Å². The van der Waals surface area contributed by atoms with E-state index in [4.69, 9.17) is 9.47 Å². The monoisotopic (exact) mass is 398 g/mol. The molecular weight excluding hydrogens is 384 g/mol. The number of benzene rings is 3. The van der Waals surface area contributed by atoms with Crippen LogP contribution in [0.4, 0.5) is 0 Å². The van der Waals surface area contributed by atoms with Crippen LogP contribution in [0.3, 0.4) is 0 Å². The van der Waals surface area contributed by atoms with E-state index in [1.807, 2.05) is 60.7 Å². The maximum atomic E-state index is 5.87. The van der Waals surface area contributed by atoms with Crippen molar-refractivity contribution in [1.82, 2.24) is 40.4 Å². The summed E-state index contributed by atoms with van der Waals surface area (Å²) in [6.07, 6.45) is 0. The first-order valence-electron chi connectivity index (χ1n) is 9.00. The van der Waals surface area contributed by atoms with Crippen LogP contribution in [0.2, 0.25) is 0 Å². The van der Waals surface area contributed by atoms with E-state index >= 15 is 0 Å². The van der Waals surface area contributed by atoms with Crippen molar-refractivity contribution in [3.63, 3.8) is 0 Å². The minimum absolute atomic E-state index is 0.229. The molecule has 0 saturated carbocycles. The number of hydrogen-bond acceptors (Lipinski definition) is 8. The van der Waals surface area contributed by atoms with Gasteiger partial charge < -0.3 is 9.47 Å². The molecule has 0 unspecified atom stereocenters. The molecule has 0 radical (unpaired) electrons. The third-order valence-electron chi connectivity index (χ3n) is 4.11. The minimum Gasteiger partial charge on any atom is -0.423 e. The summed E-state index contributed by atoms with van der Waals surface area (Å²) in [6, 6.07) is 26.4. The molecule has 146 valence electrons. The molecule has 0 aliphatic rings. The Hall–Kier alpha value is -4.60. The molecule has 30 heavy (non-hydrogen) atoms. The Morgan fingerprint density at radius 1 is 0.533 bits per heavy atom. The molecule has 0 bridgehead atoms. The lowest BCUT2D eigenvalue weighted by atomic mass is 10.3. The van der Waals surface area contributed by atoms with E-state index in [0.29, 0.717) is 11.5 Å². The largest absolute Gasteiger partial charge is 0.423 e. The van der Waals surface area contributed by atoms with Crippen molar-refractivity contribution in [1.29, 1.82) is 0 Å². The first-order chi connectivity index (χ1) is 14.9. The summed E-state index contributed by atoms with van der Waals surface area (Å²) in [6.45, 7) is 0. The minimum atomic E-state index is 0.229. The van der Waals surface area contributed by atoms with Crippen LogP contribution in [0.1, 0.15) is 0 Å². The third-order valence-corrected chi connectivity index (χ3v) is 4.11. The van der Waals surface area contributed by atoms with Crippen molar-refractivity contribution in [3.8, 4) is 34.9 Å². The van der Waals surface area contributed by atoms with Crippen molar-refractivity contribution < 1.29 is 9.47 Å². The molecule has 2 aromatic heterocycles. The Bertz CT molecular complexity index is 1160. The Morgan fingerprint density at radius 3 is 1.47 bits per heavy atom. The van der Waals surface area contributed by atoms with Crippen LogP contribution in [0.15, 0.2) is 84.9 Å². The molecule has 2 heterocycles. The van der Waals surface area contributed by atoms with Gasteiger partial charge in [0.15, 0.2) is 0 Å². The van der Waals surface area contributed by atoms with Crippen LogP contribution in [0.25, 0.3) is 11.4 Å². The summed E-state index contributed by atoms with van der Waals surface area (Å²) in [4.78, 5) is 0. The number of hydrogen-bond donors (Lipinski definition) is 0. The number of nitrogens with zero attached hydrogens (tertiary/aromatic N) is 8. The van der Waals surface area contributed by atoms with Crippen LogP contribution >= 0.6 is 0 Å². The Morgan fingerprint density at radius 2 is 1.00 bits per heavy atom. The van der Waals surface area contributed by atoms with Gasteiger partial charge in [-0.1, -0.05) is 52.7 Å². The second-order valence-corrected chi connectivity index (χ2v) is 6.10. The molecule has 0 spiro atoms. The number of tetrazole rings is 2. The zero-order valence-corrected chi connectivity index (χ0v) is 15.5. The van der Waals surface area contributed by atoms with Gasteiger partial charge in [-0.15, -0.1) is 0 Å². The van der Waals surface area contributed by atoms with E-state index in [0.717, 1.165) is 11.4 Å². The molecule has 5 rings (SSSR count). The zero-order valence-electron chi connectivity index (χ0n) is 15.5. The van der Waals surface area contributed by atoms with Gasteiger partial charge in [0.2, 0.25) is 0 Å². The van der Waals surface area contributed by atoms with Crippen LogP contribution in [0.5, 0.6) is 23.5 Å². The van der Waals surface area contributed by atoms with Crippen molar-refractivity contribution in [2.45, 2.75) is 0 Å². The molecule has 0 aliphatic heterocycles. The Kier molecular flexibility index (Phi) is 4.55. The molecule has 10 nitrogen and oxygen atoms in total. The lowest BCUT2D eigenvalue weighted by Gasteiger charge is -2.09. The van der Waals surface area contributed by atoms with Gasteiger partial charge in [-0.2, -0.15) is 9.36 Å². The van der Waals surface area contributed by atoms with Gasteiger partial charge in [0.25, 0.3) is 0 Å². The van der Waals surface area contributed by atoms with Gasteiger partial charge in [0.05, 0.1) is 11.4 Å². The summed E-state index contributed by atoms with van der Waals surface area (Å²) >= 11 is 0. The molecule has 10 heteroatoms. The van der Waals surface area contributed by atoms with Crippen molar-refractivity contribution in [2.24, 2.45) is 0 Å². The van der Waals surface area contributed by atoms with Crippen molar-refractivity contribution >= 4 is 0 Å². The average Bonchev–Trinajstić information content (AvgIpc) is 3.45. The van der Waals surface area contributed by atoms with E-state index in [-0.39, 0.29) is 12.0 Å². The maximum Gasteiger partial charge on any atom is 0.345 e. The first kappa shape index (κ1) is 17.5. The topological polar surface area (TPSA) is 106 Å². The fourth-order valence-electron chi connectivity index (χ4n) is 2.76.